The average molecular weight is 347 g/mol. The van der Waals surface area contributed by atoms with E-state index < -0.39 is 0 Å². The van der Waals surface area contributed by atoms with Crippen molar-refractivity contribution in [3.05, 3.63) is 35.4 Å². The molecule has 0 aliphatic carbocycles. The maximum atomic E-state index is 11.9. The van der Waals surface area contributed by atoms with E-state index in [1.807, 2.05) is 28.9 Å². The van der Waals surface area contributed by atoms with Crippen LogP contribution in [-0.4, -0.2) is 57.8 Å². The van der Waals surface area contributed by atoms with Crippen molar-refractivity contribution in [2.75, 3.05) is 20.7 Å². The molecule has 0 bridgehead atoms. The minimum absolute atomic E-state index is 0.00899. The molecule has 1 fully saturated rings. The highest BCUT2D eigenvalue weighted by Gasteiger charge is 2.19. The van der Waals surface area contributed by atoms with Crippen molar-refractivity contribution in [1.82, 2.24) is 25.1 Å². The second-order valence-electron chi connectivity index (χ2n) is 5.96. The molecule has 1 aromatic carbocycles. The smallest absolute Gasteiger partial charge is 0.253 e. The van der Waals surface area contributed by atoms with Gasteiger partial charge >= 0.3 is 0 Å². The zero-order valence-electron chi connectivity index (χ0n) is 13.9. The summed E-state index contributed by atoms with van der Waals surface area (Å²) in [6.07, 6.45) is 2.38. The third-order valence-corrected chi connectivity index (χ3v) is 4.90. The molecule has 7 nitrogen and oxygen atoms in total. The highest BCUT2D eigenvalue weighted by atomic mass is 32.2. The lowest BCUT2D eigenvalue weighted by atomic mass is 10.1. The number of benzene rings is 1. The van der Waals surface area contributed by atoms with Gasteiger partial charge in [-0.25, -0.2) is 4.68 Å². The molecule has 8 heteroatoms. The maximum absolute atomic E-state index is 11.9. The topological polar surface area (TPSA) is 73.1 Å². The minimum Gasteiger partial charge on any atom is -0.376 e. The standard InChI is InChI=1S/C16H21N5O2S/c1-20(2)15(22)13-7-5-12(6-8-13)11-24-16-17-18-19-21(16)10-14-4-3-9-23-14/h5-8,14H,3-4,9-11H2,1-2H3. The molecule has 0 spiro atoms. The van der Waals surface area contributed by atoms with Gasteiger partial charge in [0.2, 0.25) is 5.16 Å². The van der Waals surface area contributed by atoms with Gasteiger partial charge in [0.25, 0.3) is 5.91 Å². The summed E-state index contributed by atoms with van der Waals surface area (Å²) in [5.41, 5.74) is 1.82. The first-order valence-electron chi connectivity index (χ1n) is 7.94. The average Bonchev–Trinajstić information content (AvgIpc) is 3.25. The first-order chi connectivity index (χ1) is 11.6. The van der Waals surface area contributed by atoms with Gasteiger partial charge in [0.15, 0.2) is 0 Å². The van der Waals surface area contributed by atoms with Crippen LogP contribution in [0.15, 0.2) is 29.4 Å². The molecule has 1 unspecified atom stereocenters. The number of tetrazole rings is 1. The number of amides is 1. The van der Waals surface area contributed by atoms with Gasteiger partial charge in [0.05, 0.1) is 12.6 Å². The third kappa shape index (κ3) is 4.12. The Bertz CT molecular complexity index is 680. The molecule has 1 amide bonds. The summed E-state index contributed by atoms with van der Waals surface area (Å²) in [5.74, 6) is 0.761. The number of nitrogens with zero attached hydrogens (tertiary/aromatic N) is 5. The van der Waals surface area contributed by atoms with Crippen molar-refractivity contribution in [3.63, 3.8) is 0 Å². The maximum Gasteiger partial charge on any atom is 0.253 e. The lowest BCUT2D eigenvalue weighted by Crippen LogP contribution is -2.21. The van der Waals surface area contributed by atoms with E-state index >= 15 is 0 Å². The summed E-state index contributed by atoms with van der Waals surface area (Å²) < 4.78 is 7.45. The summed E-state index contributed by atoms with van der Waals surface area (Å²) in [7, 11) is 3.50. The van der Waals surface area contributed by atoms with Crippen molar-refractivity contribution in [1.29, 1.82) is 0 Å². The number of hydrogen-bond acceptors (Lipinski definition) is 6. The lowest BCUT2D eigenvalue weighted by Gasteiger charge is -2.11. The Morgan fingerprint density at radius 2 is 2.17 bits per heavy atom. The normalized spacial score (nSPS) is 17.2. The minimum atomic E-state index is 0.00899. The van der Waals surface area contributed by atoms with E-state index in [2.05, 4.69) is 15.5 Å². The van der Waals surface area contributed by atoms with Crippen LogP contribution < -0.4 is 0 Å². The zero-order chi connectivity index (χ0) is 16.9. The molecule has 128 valence electrons. The Kier molecular flexibility index (Phi) is 5.47. The fourth-order valence-electron chi connectivity index (χ4n) is 2.55. The third-order valence-electron chi connectivity index (χ3n) is 3.87. The van der Waals surface area contributed by atoms with Gasteiger partial charge in [-0.1, -0.05) is 23.9 Å². The summed E-state index contributed by atoms with van der Waals surface area (Å²) in [6, 6.07) is 7.65. The molecule has 2 aromatic rings. The Morgan fingerprint density at radius 1 is 1.38 bits per heavy atom. The molecule has 1 saturated heterocycles. The molecule has 1 aliphatic rings. The van der Waals surface area contributed by atoms with Crippen LogP contribution in [0.1, 0.15) is 28.8 Å². The lowest BCUT2D eigenvalue weighted by molar-refractivity contribution is 0.0827. The Labute approximate surface area is 145 Å². The van der Waals surface area contributed by atoms with Crippen LogP contribution in [0.25, 0.3) is 0 Å². The van der Waals surface area contributed by atoms with E-state index in [9.17, 15) is 4.79 Å². The van der Waals surface area contributed by atoms with E-state index in [0.717, 1.165) is 35.9 Å². The van der Waals surface area contributed by atoms with E-state index in [0.29, 0.717) is 12.1 Å². The van der Waals surface area contributed by atoms with Gasteiger partial charge < -0.3 is 9.64 Å². The number of ether oxygens (including phenoxy) is 1. The molecule has 2 heterocycles. The molecule has 1 aliphatic heterocycles. The number of carbonyl (C=O) groups is 1. The fraction of sp³-hybridized carbons (Fsp3) is 0.500. The fourth-order valence-corrected chi connectivity index (χ4v) is 3.39. The predicted octanol–water partition coefficient (Wildman–Crippen LogP) is 1.85. The van der Waals surface area contributed by atoms with Gasteiger partial charge in [0.1, 0.15) is 0 Å². The van der Waals surface area contributed by atoms with E-state index in [1.54, 1.807) is 30.8 Å². The number of thioether (sulfide) groups is 1. The summed E-state index contributed by atoms with van der Waals surface area (Å²) in [4.78, 5) is 13.5. The van der Waals surface area contributed by atoms with Crippen molar-refractivity contribution < 1.29 is 9.53 Å². The summed E-state index contributed by atoms with van der Waals surface area (Å²) in [6.45, 7) is 1.53. The van der Waals surface area contributed by atoms with Crippen molar-refractivity contribution in [3.8, 4) is 0 Å². The van der Waals surface area contributed by atoms with Crippen molar-refractivity contribution >= 4 is 17.7 Å². The van der Waals surface area contributed by atoms with Gasteiger partial charge in [-0.2, -0.15) is 0 Å². The molecule has 24 heavy (non-hydrogen) atoms. The van der Waals surface area contributed by atoms with Crippen molar-refractivity contribution in [2.45, 2.75) is 36.4 Å². The second-order valence-corrected chi connectivity index (χ2v) is 6.91. The van der Waals surface area contributed by atoms with Crippen LogP contribution in [0.4, 0.5) is 0 Å². The van der Waals surface area contributed by atoms with E-state index in [-0.39, 0.29) is 12.0 Å². The van der Waals surface area contributed by atoms with Crippen LogP contribution in [-0.2, 0) is 17.0 Å². The van der Waals surface area contributed by atoms with Gasteiger partial charge in [-0.05, 0) is 41.0 Å². The van der Waals surface area contributed by atoms with Crippen LogP contribution in [0.3, 0.4) is 0 Å². The van der Waals surface area contributed by atoms with E-state index in [4.69, 9.17) is 4.74 Å². The number of carbonyl (C=O) groups excluding carboxylic acids is 1. The molecule has 3 rings (SSSR count). The van der Waals surface area contributed by atoms with Crippen LogP contribution in [0.2, 0.25) is 0 Å². The highest BCUT2D eigenvalue weighted by Crippen LogP contribution is 2.22. The number of rotatable bonds is 6. The van der Waals surface area contributed by atoms with Crippen molar-refractivity contribution in [2.24, 2.45) is 0 Å². The Balaban J connectivity index is 1.58. The zero-order valence-corrected chi connectivity index (χ0v) is 14.7. The summed E-state index contributed by atoms with van der Waals surface area (Å²) in [5, 5.41) is 12.7. The van der Waals surface area contributed by atoms with Gasteiger partial charge in [0, 0.05) is 32.0 Å². The van der Waals surface area contributed by atoms with Crippen LogP contribution in [0.5, 0.6) is 0 Å². The molecule has 0 saturated carbocycles. The predicted molar refractivity (Wildman–Crippen MR) is 90.8 cm³/mol. The Morgan fingerprint density at radius 3 is 2.83 bits per heavy atom. The quantitative estimate of drug-likeness (QED) is 0.743. The van der Waals surface area contributed by atoms with Gasteiger partial charge in [-0.15, -0.1) is 5.10 Å². The largest absolute Gasteiger partial charge is 0.376 e. The first kappa shape index (κ1) is 16.9. The molecule has 0 radical (unpaired) electrons. The highest BCUT2D eigenvalue weighted by molar-refractivity contribution is 7.98. The van der Waals surface area contributed by atoms with E-state index in [1.165, 1.54) is 0 Å². The number of aromatic nitrogens is 4. The van der Waals surface area contributed by atoms with Gasteiger partial charge in [-0.3, -0.25) is 4.79 Å². The first-order valence-corrected chi connectivity index (χ1v) is 8.93. The monoisotopic (exact) mass is 347 g/mol. The SMILES string of the molecule is CN(C)C(=O)c1ccc(CSc2nnnn2CC2CCCO2)cc1. The molecular formula is C16H21N5O2S. The molecular weight excluding hydrogens is 326 g/mol. The molecule has 0 N–H and O–H groups in total. The molecule has 1 aromatic heterocycles. The molecule has 1 atom stereocenters. The Hall–Kier alpha value is -1.93. The summed E-state index contributed by atoms with van der Waals surface area (Å²) >= 11 is 1.59. The van der Waals surface area contributed by atoms with Crippen LogP contribution in [0, 0.1) is 0 Å². The second kappa shape index (κ2) is 7.76. The number of hydrogen-bond donors (Lipinski definition) is 0. The van der Waals surface area contributed by atoms with Crippen LogP contribution >= 0.6 is 11.8 Å².